The first-order chi connectivity index (χ1) is 7.56. The lowest BCUT2D eigenvalue weighted by molar-refractivity contribution is 0.0337. The molecular formula is C10H15BrN4O. The Morgan fingerprint density at radius 1 is 1.50 bits per heavy atom. The standard InChI is InChI=1S/C10H15BrN4O/c1-6-5-16-7(2)4-15(6)10-13-8(11)3-9(12)14-10/h3,6-7H,4-5H2,1-2H3,(H2,12,13,14). The van der Waals surface area contributed by atoms with Gasteiger partial charge < -0.3 is 15.4 Å². The molecule has 0 aliphatic carbocycles. The quantitative estimate of drug-likeness (QED) is 0.792. The van der Waals surface area contributed by atoms with Gasteiger partial charge in [-0.2, -0.15) is 4.98 Å². The molecule has 88 valence electrons. The van der Waals surface area contributed by atoms with Crippen molar-refractivity contribution in [3.05, 3.63) is 10.7 Å². The third kappa shape index (κ3) is 2.44. The van der Waals surface area contributed by atoms with Gasteiger partial charge in [-0.05, 0) is 29.8 Å². The summed E-state index contributed by atoms with van der Waals surface area (Å²) in [5, 5.41) is 0. The van der Waals surface area contributed by atoms with E-state index in [1.54, 1.807) is 6.07 Å². The zero-order chi connectivity index (χ0) is 11.7. The zero-order valence-corrected chi connectivity index (χ0v) is 10.9. The Kier molecular flexibility index (Phi) is 3.30. The van der Waals surface area contributed by atoms with Crippen molar-refractivity contribution in [3.63, 3.8) is 0 Å². The van der Waals surface area contributed by atoms with E-state index >= 15 is 0 Å². The number of nitrogens with two attached hydrogens (primary N) is 1. The highest BCUT2D eigenvalue weighted by atomic mass is 79.9. The van der Waals surface area contributed by atoms with E-state index in [1.165, 1.54) is 0 Å². The Balaban J connectivity index is 2.27. The Morgan fingerprint density at radius 2 is 2.25 bits per heavy atom. The van der Waals surface area contributed by atoms with E-state index in [9.17, 15) is 0 Å². The average molecular weight is 287 g/mol. The number of halogens is 1. The lowest BCUT2D eigenvalue weighted by Gasteiger charge is -2.36. The molecule has 5 nitrogen and oxygen atoms in total. The van der Waals surface area contributed by atoms with Crippen molar-refractivity contribution in [1.29, 1.82) is 0 Å². The van der Waals surface area contributed by atoms with Crippen LogP contribution in [-0.2, 0) is 4.74 Å². The Hall–Kier alpha value is -0.880. The molecule has 2 heterocycles. The minimum absolute atomic E-state index is 0.194. The molecule has 1 aromatic heterocycles. The first-order valence-electron chi connectivity index (χ1n) is 5.24. The van der Waals surface area contributed by atoms with Gasteiger partial charge in [0.25, 0.3) is 0 Å². The van der Waals surface area contributed by atoms with Crippen LogP contribution in [-0.4, -0.2) is 35.3 Å². The maximum Gasteiger partial charge on any atom is 0.228 e. The van der Waals surface area contributed by atoms with Crippen LogP contribution in [0.4, 0.5) is 11.8 Å². The van der Waals surface area contributed by atoms with E-state index in [4.69, 9.17) is 10.5 Å². The maximum absolute atomic E-state index is 5.71. The van der Waals surface area contributed by atoms with Gasteiger partial charge in [0.15, 0.2) is 0 Å². The molecule has 2 atom stereocenters. The van der Waals surface area contributed by atoms with Crippen LogP contribution in [0.25, 0.3) is 0 Å². The summed E-state index contributed by atoms with van der Waals surface area (Å²) in [5.74, 6) is 1.14. The lowest BCUT2D eigenvalue weighted by Crippen LogP contribution is -2.48. The molecule has 0 aromatic carbocycles. The summed E-state index contributed by atoms with van der Waals surface area (Å²) in [7, 11) is 0. The summed E-state index contributed by atoms with van der Waals surface area (Å²) in [4.78, 5) is 10.7. The van der Waals surface area contributed by atoms with E-state index < -0.39 is 0 Å². The van der Waals surface area contributed by atoms with Crippen LogP contribution in [0.2, 0.25) is 0 Å². The third-order valence-corrected chi connectivity index (χ3v) is 2.97. The van der Waals surface area contributed by atoms with Crippen molar-refractivity contribution in [3.8, 4) is 0 Å². The maximum atomic E-state index is 5.71. The highest BCUT2D eigenvalue weighted by molar-refractivity contribution is 9.10. The second kappa shape index (κ2) is 4.55. The van der Waals surface area contributed by atoms with Crippen LogP contribution in [0.1, 0.15) is 13.8 Å². The minimum atomic E-state index is 0.194. The van der Waals surface area contributed by atoms with Crippen molar-refractivity contribution in [2.75, 3.05) is 23.8 Å². The molecule has 2 unspecified atom stereocenters. The first-order valence-corrected chi connectivity index (χ1v) is 6.04. The van der Waals surface area contributed by atoms with E-state index in [2.05, 4.69) is 37.7 Å². The molecule has 0 amide bonds. The molecule has 1 fully saturated rings. The molecular weight excluding hydrogens is 272 g/mol. The fraction of sp³-hybridized carbons (Fsp3) is 0.600. The SMILES string of the molecule is CC1CN(c2nc(N)cc(Br)n2)C(C)CO1. The third-order valence-electron chi connectivity index (χ3n) is 2.57. The van der Waals surface area contributed by atoms with Crippen molar-refractivity contribution >= 4 is 27.7 Å². The van der Waals surface area contributed by atoms with Gasteiger partial charge in [0.2, 0.25) is 5.95 Å². The van der Waals surface area contributed by atoms with Crippen LogP contribution in [0.3, 0.4) is 0 Å². The highest BCUT2D eigenvalue weighted by Gasteiger charge is 2.25. The summed E-state index contributed by atoms with van der Waals surface area (Å²) in [6.07, 6.45) is 0.194. The molecule has 1 aliphatic heterocycles. The Labute approximate surface area is 103 Å². The lowest BCUT2D eigenvalue weighted by atomic mass is 10.2. The second-order valence-electron chi connectivity index (χ2n) is 4.06. The fourth-order valence-corrected chi connectivity index (χ4v) is 2.13. The Bertz CT molecular complexity index is 367. The van der Waals surface area contributed by atoms with Crippen LogP contribution in [0.15, 0.2) is 10.7 Å². The molecule has 16 heavy (non-hydrogen) atoms. The molecule has 0 radical (unpaired) electrons. The summed E-state index contributed by atoms with van der Waals surface area (Å²) < 4.78 is 6.27. The average Bonchev–Trinajstić information content (AvgIpc) is 2.20. The van der Waals surface area contributed by atoms with Crippen molar-refractivity contribution < 1.29 is 4.74 Å². The molecule has 1 saturated heterocycles. The summed E-state index contributed by atoms with van der Waals surface area (Å²) in [6.45, 7) is 5.61. The number of nitrogen functional groups attached to an aromatic ring is 1. The number of hydrogen-bond acceptors (Lipinski definition) is 5. The molecule has 1 aliphatic rings. The molecule has 0 bridgehead atoms. The van der Waals surface area contributed by atoms with Crippen LogP contribution in [0, 0.1) is 0 Å². The predicted molar refractivity (Wildman–Crippen MR) is 66.4 cm³/mol. The highest BCUT2D eigenvalue weighted by Crippen LogP contribution is 2.21. The summed E-state index contributed by atoms with van der Waals surface area (Å²) >= 11 is 3.33. The Morgan fingerprint density at radius 3 is 2.94 bits per heavy atom. The van der Waals surface area contributed by atoms with E-state index in [1.807, 2.05) is 6.92 Å². The number of hydrogen-bond donors (Lipinski definition) is 1. The van der Waals surface area contributed by atoms with Gasteiger partial charge in [-0.25, -0.2) is 4.98 Å². The molecule has 6 heteroatoms. The van der Waals surface area contributed by atoms with E-state index in [0.29, 0.717) is 23.0 Å². The molecule has 2 N–H and O–H groups in total. The number of anilines is 2. The van der Waals surface area contributed by atoms with Crippen LogP contribution < -0.4 is 10.6 Å². The summed E-state index contributed by atoms with van der Waals surface area (Å²) in [6, 6.07) is 1.96. The van der Waals surface area contributed by atoms with Gasteiger partial charge in [0, 0.05) is 12.6 Å². The van der Waals surface area contributed by atoms with Gasteiger partial charge >= 0.3 is 0 Å². The van der Waals surface area contributed by atoms with Gasteiger partial charge in [-0.15, -0.1) is 0 Å². The van der Waals surface area contributed by atoms with E-state index in [0.717, 1.165) is 6.54 Å². The number of nitrogens with zero attached hydrogens (tertiary/aromatic N) is 3. The number of morpholine rings is 1. The van der Waals surface area contributed by atoms with Crippen molar-refractivity contribution in [2.24, 2.45) is 0 Å². The molecule has 0 spiro atoms. The van der Waals surface area contributed by atoms with Gasteiger partial charge in [-0.1, -0.05) is 0 Å². The molecule has 2 rings (SSSR count). The minimum Gasteiger partial charge on any atom is -0.383 e. The predicted octanol–water partition coefficient (Wildman–Crippen LogP) is 1.43. The molecule has 0 saturated carbocycles. The van der Waals surface area contributed by atoms with Gasteiger partial charge in [0.05, 0.1) is 18.8 Å². The number of ether oxygens (including phenoxy) is 1. The van der Waals surface area contributed by atoms with Crippen molar-refractivity contribution in [2.45, 2.75) is 26.0 Å². The zero-order valence-electron chi connectivity index (χ0n) is 9.35. The topological polar surface area (TPSA) is 64.3 Å². The number of aromatic nitrogens is 2. The smallest absolute Gasteiger partial charge is 0.228 e. The monoisotopic (exact) mass is 286 g/mol. The normalized spacial score (nSPS) is 25.8. The van der Waals surface area contributed by atoms with Crippen LogP contribution in [0.5, 0.6) is 0 Å². The largest absolute Gasteiger partial charge is 0.383 e. The summed E-state index contributed by atoms with van der Waals surface area (Å²) in [5.41, 5.74) is 5.71. The van der Waals surface area contributed by atoms with Crippen molar-refractivity contribution in [1.82, 2.24) is 9.97 Å². The molecule has 1 aromatic rings. The number of rotatable bonds is 1. The van der Waals surface area contributed by atoms with E-state index in [-0.39, 0.29) is 12.1 Å². The second-order valence-corrected chi connectivity index (χ2v) is 4.87. The van der Waals surface area contributed by atoms with Gasteiger partial charge in [-0.3, -0.25) is 0 Å². The van der Waals surface area contributed by atoms with Gasteiger partial charge in [0.1, 0.15) is 10.4 Å². The van der Waals surface area contributed by atoms with Crippen LogP contribution >= 0.6 is 15.9 Å². The fourth-order valence-electron chi connectivity index (χ4n) is 1.73. The first kappa shape index (κ1) is 11.6.